The quantitative estimate of drug-likeness (QED) is 0.541. The smallest absolute Gasteiger partial charge is 0.0199 e. The summed E-state index contributed by atoms with van der Waals surface area (Å²) in [6, 6.07) is 0. The molecule has 0 fully saturated rings. The lowest BCUT2D eigenvalue weighted by Gasteiger charge is -2.11. The molecule has 0 bridgehead atoms. The Labute approximate surface area is 95.5 Å². The summed E-state index contributed by atoms with van der Waals surface area (Å²) >= 11 is 0. The van der Waals surface area contributed by atoms with Gasteiger partial charge in [-0.15, -0.1) is 6.58 Å². The predicted octanol–water partition coefficient (Wildman–Crippen LogP) is 5.26. The van der Waals surface area contributed by atoms with Gasteiger partial charge in [-0.1, -0.05) is 56.8 Å². The van der Waals surface area contributed by atoms with Crippen LogP contribution in [0.25, 0.3) is 0 Å². The second-order valence-electron chi connectivity index (χ2n) is 4.76. The van der Waals surface area contributed by atoms with Crippen LogP contribution in [0.3, 0.4) is 0 Å². The average molecular weight is 206 g/mol. The fourth-order valence-corrected chi connectivity index (χ4v) is 2.35. The van der Waals surface area contributed by atoms with Crippen LogP contribution in [0, 0.1) is 5.92 Å². The minimum atomic E-state index is 0.766. The summed E-state index contributed by atoms with van der Waals surface area (Å²) in [6.07, 6.45) is 20.7. The highest BCUT2D eigenvalue weighted by Gasteiger charge is 2.03. The van der Waals surface area contributed by atoms with Crippen LogP contribution in [0.2, 0.25) is 0 Å². The molecule has 0 amide bonds. The summed E-state index contributed by atoms with van der Waals surface area (Å²) in [5.74, 6) is 0.766. The molecular weight excluding hydrogens is 180 g/mol. The molecule has 0 heteroatoms. The molecule has 0 nitrogen and oxygen atoms in total. The molecule has 0 heterocycles. The van der Waals surface area contributed by atoms with Crippen molar-refractivity contribution in [1.82, 2.24) is 0 Å². The van der Waals surface area contributed by atoms with Gasteiger partial charge < -0.3 is 0 Å². The number of hydrogen-bond donors (Lipinski definition) is 0. The summed E-state index contributed by atoms with van der Waals surface area (Å²) < 4.78 is 0. The highest BCUT2D eigenvalue weighted by atomic mass is 14.1. The van der Waals surface area contributed by atoms with E-state index in [1.807, 2.05) is 0 Å². The molecule has 0 spiro atoms. The maximum atomic E-state index is 3.85. The van der Waals surface area contributed by atoms with E-state index >= 15 is 0 Å². The minimum absolute atomic E-state index is 0.766. The van der Waals surface area contributed by atoms with E-state index in [0.29, 0.717) is 0 Å². The highest BCUT2D eigenvalue weighted by molar-refractivity contribution is 4.91. The molecule has 1 rings (SSSR count). The molecular formula is C15H26. The lowest BCUT2D eigenvalue weighted by Crippen LogP contribution is -1.95. The Hall–Kier alpha value is -0.520. The van der Waals surface area contributed by atoms with Gasteiger partial charge in [-0.2, -0.15) is 0 Å². The van der Waals surface area contributed by atoms with Crippen molar-refractivity contribution in [3.63, 3.8) is 0 Å². The second kappa shape index (κ2) is 8.76. The van der Waals surface area contributed by atoms with Crippen molar-refractivity contribution < 1.29 is 0 Å². The largest absolute Gasteiger partial charge is 0.103 e. The molecule has 15 heavy (non-hydrogen) atoms. The Morgan fingerprint density at radius 1 is 1.00 bits per heavy atom. The van der Waals surface area contributed by atoms with Crippen molar-refractivity contribution in [2.75, 3.05) is 0 Å². The molecule has 0 aromatic carbocycles. The molecule has 1 aliphatic rings. The van der Waals surface area contributed by atoms with E-state index in [1.54, 1.807) is 0 Å². The maximum Gasteiger partial charge on any atom is -0.0199 e. The van der Waals surface area contributed by atoms with Crippen molar-refractivity contribution in [3.8, 4) is 0 Å². The molecule has 0 saturated carbocycles. The summed E-state index contributed by atoms with van der Waals surface area (Å²) in [5, 5.41) is 0. The van der Waals surface area contributed by atoms with Gasteiger partial charge in [0.25, 0.3) is 0 Å². The number of rotatable bonds is 2. The van der Waals surface area contributed by atoms with Gasteiger partial charge in [0.1, 0.15) is 0 Å². The zero-order valence-electron chi connectivity index (χ0n) is 10.1. The lowest BCUT2D eigenvalue weighted by atomic mass is 9.95. The summed E-state index contributed by atoms with van der Waals surface area (Å²) in [4.78, 5) is 0. The van der Waals surface area contributed by atoms with Crippen molar-refractivity contribution in [2.45, 2.75) is 64.2 Å². The van der Waals surface area contributed by atoms with Crippen molar-refractivity contribution in [1.29, 1.82) is 0 Å². The van der Waals surface area contributed by atoms with E-state index in [1.165, 1.54) is 57.8 Å². The molecule has 0 aromatic heterocycles. The zero-order valence-corrected chi connectivity index (χ0v) is 10.1. The molecule has 1 unspecified atom stereocenters. The Kier molecular flexibility index (Phi) is 7.33. The fraction of sp³-hybridized carbons (Fsp3) is 0.733. The third kappa shape index (κ3) is 6.54. The second-order valence-corrected chi connectivity index (χ2v) is 4.76. The van der Waals surface area contributed by atoms with Crippen LogP contribution < -0.4 is 0 Å². The van der Waals surface area contributed by atoms with Crippen LogP contribution in [0.1, 0.15) is 64.2 Å². The zero-order chi connectivity index (χ0) is 10.8. The van der Waals surface area contributed by atoms with Crippen LogP contribution in [0.4, 0.5) is 0 Å². The highest BCUT2D eigenvalue weighted by Crippen LogP contribution is 2.19. The van der Waals surface area contributed by atoms with Crippen LogP contribution in [-0.4, -0.2) is 0 Å². The topological polar surface area (TPSA) is 0 Å². The molecule has 86 valence electrons. The van der Waals surface area contributed by atoms with Crippen LogP contribution in [0.15, 0.2) is 24.8 Å². The summed E-state index contributed by atoms with van der Waals surface area (Å²) in [6.45, 7) is 3.85. The van der Waals surface area contributed by atoms with E-state index in [9.17, 15) is 0 Å². The van der Waals surface area contributed by atoms with Crippen molar-refractivity contribution in [3.05, 3.63) is 24.8 Å². The van der Waals surface area contributed by atoms with E-state index in [2.05, 4.69) is 24.8 Å². The lowest BCUT2D eigenvalue weighted by molar-refractivity contribution is 0.510. The van der Waals surface area contributed by atoms with Crippen molar-refractivity contribution in [2.24, 2.45) is 5.92 Å². The van der Waals surface area contributed by atoms with Gasteiger partial charge in [0.2, 0.25) is 0 Å². The summed E-state index contributed by atoms with van der Waals surface area (Å²) in [5.41, 5.74) is 0. The Morgan fingerprint density at radius 2 is 1.67 bits per heavy atom. The Morgan fingerprint density at radius 3 is 2.40 bits per heavy atom. The van der Waals surface area contributed by atoms with E-state index in [0.717, 1.165) is 12.3 Å². The third-order valence-electron chi connectivity index (χ3n) is 3.32. The number of allylic oxidation sites excluding steroid dienone is 3. The first-order chi connectivity index (χ1) is 7.43. The van der Waals surface area contributed by atoms with Gasteiger partial charge in [-0.3, -0.25) is 0 Å². The first-order valence-corrected chi connectivity index (χ1v) is 6.71. The van der Waals surface area contributed by atoms with Gasteiger partial charge in [0.15, 0.2) is 0 Å². The fourth-order valence-electron chi connectivity index (χ4n) is 2.35. The molecule has 1 aliphatic carbocycles. The van der Waals surface area contributed by atoms with Gasteiger partial charge in [0.05, 0.1) is 0 Å². The molecule has 0 N–H and O–H groups in total. The van der Waals surface area contributed by atoms with E-state index in [-0.39, 0.29) is 0 Å². The first kappa shape index (κ1) is 12.5. The van der Waals surface area contributed by atoms with Gasteiger partial charge in [-0.05, 0) is 31.6 Å². The molecule has 1 atom stereocenters. The minimum Gasteiger partial charge on any atom is -0.103 e. The molecule has 0 aliphatic heterocycles. The van der Waals surface area contributed by atoms with Crippen LogP contribution in [-0.2, 0) is 0 Å². The first-order valence-electron chi connectivity index (χ1n) is 6.71. The SMILES string of the molecule is C=CCC1C=CCCCCCCCCC1. The van der Waals surface area contributed by atoms with Gasteiger partial charge >= 0.3 is 0 Å². The maximum absolute atomic E-state index is 3.85. The molecule has 0 radical (unpaired) electrons. The number of hydrogen-bond acceptors (Lipinski definition) is 0. The normalized spacial score (nSPS) is 25.2. The van der Waals surface area contributed by atoms with Crippen molar-refractivity contribution >= 4 is 0 Å². The van der Waals surface area contributed by atoms with Gasteiger partial charge in [0, 0.05) is 0 Å². The van der Waals surface area contributed by atoms with Gasteiger partial charge in [-0.25, -0.2) is 0 Å². The monoisotopic (exact) mass is 206 g/mol. The Bertz CT molecular complexity index is 178. The van der Waals surface area contributed by atoms with E-state index < -0.39 is 0 Å². The standard InChI is InChI=1S/C15H26/c1-2-12-15-13-10-8-6-4-3-5-7-9-11-14-15/h2,10,13,15H,1,3-9,11-12,14H2. The van der Waals surface area contributed by atoms with Crippen LogP contribution in [0.5, 0.6) is 0 Å². The van der Waals surface area contributed by atoms with Crippen LogP contribution >= 0.6 is 0 Å². The predicted molar refractivity (Wildman–Crippen MR) is 69.0 cm³/mol. The third-order valence-corrected chi connectivity index (χ3v) is 3.32. The Balaban J connectivity index is 2.33. The molecule has 0 saturated heterocycles. The average Bonchev–Trinajstić information content (AvgIpc) is 2.22. The summed E-state index contributed by atoms with van der Waals surface area (Å²) in [7, 11) is 0. The molecule has 0 aromatic rings. The van der Waals surface area contributed by atoms with E-state index in [4.69, 9.17) is 0 Å².